The van der Waals surface area contributed by atoms with Crippen molar-refractivity contribution in [3.05, 3.63) is 45.7 Å². The van der Waals surface area contributed by atoms with Crippen LogP contribution in [0.3, 0.4) is 0 Å². The van der Waals surface area contributed by atoms with Crippen molar-refractivity contribution in [3.8, 4) is 5.75 Å². The van der Waals surface area contributed by atoms with E-state index >= 15 is 0 Å². The van der Waals surface area contributed by atoms with E-state index in [1.54, 1.807) is 12.1 Å². The first-order valence-corrected chi connectivity index (χ1v) is 10.1. The number of halogens is 1. The zero-order valence-corrected chi connectivity index (χ0v) is 16.8. The number of hydrogen-bond acceptors (Lipinski definition) is 5. The van der Waals surface area contributed by atoms with Crippen LogP contribution >= 0.6 is 11.3 Å². The number of rotatable bonds is 8. The van der Waals surface area contributed by atoms with E-state index in [1.807, 2.05) is 12.3 Å². The summed E-state index contributed by atoms with van der Waals surface area (Å²) in [5, 5.41) is 8.63. The Hall–Kier alpha value is -2.48. The van der Waals surface area contributed by atoms with Gasteiger partial charge in [0.25, 0.3) is 0 Å². The maximum atomic E-state index is 14.3. The monoisotopic (exact) mass is 405 g/mol. The van der Waals surface area contributed by atoms with Crippen LogP contribution in [0.2, 0.25) is 0 Å². The summed E-state index contributed by atoms with van der Waals surface area (Å²) in [7, 11) is 1.53. The lowest BCUT2D eigenvalue weighted by atomic mass is 9.84. The van der Waals surface area contributed by atoms with E-state index in [-0.39, 0.29) is 24.1 Å². The van der Waals surface area contributed by atoms with Gasteiger partial charge in [-0.15, -0.1) is 11.3 Å². The normalized spacial score (nSPS) is 18.8. The number of hydrogen-bond donors (Lipinski definition) is 2. The van der Waals surface area contributed by atoms with E-state index in [9.17, 15) is 14.0 Å². The molecular formula is C20H24FN3O3S. The number of aromatic nitrogens is 1. The fourth-order valence-corrected chi connectivity index (χ4v) is 4.17. The van der Waals surface area contributed by atoms with Crippen LogP contribution in [0.1, 0.15) is 41.9 Å². The molecule has 1 saturated heterocycles. The lowest BCUT2D eigenvalue weighted by molar-refractivity contribution is -0.122. The van der Waals surface area contributed by atoms with Gasteiger partial charge in [-0.25, -0.2) is 9.37 Å². The number of thiazole rings is 1. The summed E-state index contributed by atoms with van der Waals surface area (Å²) in [5.74, 6) is 0.0405. The molecule has 6 nitrogen and oxygen atoms in total. The molecule has 1 unspecified atom stereocenters. The Morgan fingerprint density at radius 2 is 2.29 bits per heavy atom. The molecule has 1 fully saturated rings. The molecule has 8 heteroatoms. The summed E-state index contributed by atoms with van der Waals surface area (Å²) in [6.45, 7) is 2.30. The number of nitrogens with one attached hydrogen (secondary N) is 2. The average Bonchev–Trinajstić information content (AvgIpc) is 3.26. The Balaban J connectivity index is 1.63. The van der Waals surface area contributed by atoms with Crippen molar-refractivity contribution < 1.29 is 18.7 Å². The van der Waals surface area contributed by atoms with Crippen LogP contribution in [-0.4, -0.2) is 29.4 Å². The SMILES string of the molecule is COc1ccc(F)c(CC2(CCC(=O)NCc3nc(C)cs3)CCC(=O)N2)c1. The van der Waals surface area contributed by atoms with Crippen LogP contribution in [0, 0.1) is 12.7 Å². The maximum Gasteiger partial charge on any atom is 0.220 e. The van der Waals surface area contributed by atoms with Gasteiger partial charge in [-0.05, 0) is 49.9 Å². The van der Waals surface area contributed by atoms with E-state index in [1.165, 1.54) is 24.5 Å². The second kappa shape index (κ2) is 8.68. The Morgan fingerprint density at radius 1 is 1.46 bits per heavy atom. The Labute approximate surface area is 167 Å². The molecule has 2 amide bonds. The van der Waals surface area contributed by atoms with Gasteiger partial charge < -0.3 is 15.4 Å². The zero-order chi connectivity index (χ0) is 20.1. The predicted octanol–water partition coefficient (Wildman–Crippen LogP) is 2.89. The highest BCUT2D eigenvalue weighted by atomic mass is 32.1. The van der Waals surface area contributed by atoms with Gasteiger partial charge in [0.15, 0.2) is 0 Å². The lowest BCUT2D eigenvalue weighted by Gasteiger charge is -2.29. The minimum absolute atomic E-state index is 0.0676. The van der Waals surface area contributed by atoms with Crippen LogP contribution in [-0.2, 0) is 22.6 Å². The summed E-state index contributed by atoms with van der Waals surface area (Å²) in [6.07, 6.45) is 1.96. The number of methoxy groups -OCH3 is 1. The van der Waals surface area contributed by atoms with Gasteiger partial charge in [-0.1, -0.05) is 0 Å². The molecule has 3 rings (SSSR count). The molecule has 2 heterocycles. The summed E-state index contributed by atoms with van der Waals surface area (Å²) in [6, 6.07) is 4.57. The second-order valence-corrected chi connectivity index (χ2v) is 8.06. The largest absolute Gasteiger partial charge is 0.497 e. The summed E-state index contributed by atoms with van der Waals surface area (Å²) >= 11 is 1.50. The molecule has 1 aromatic carbocycles. The van der Waals surface area contributed by atoms with Crippen LogP contribution < -0.4 is 15.4 Å². The molecule has 28 heavy (non-hydrogen) atoms. The molecule has 1 aromatic heterocycles. The number of amides is 2. The standard InChI is InChI=1S/C20H24FN3O3S/c1-13-12-28-19(23-13)11-22-17(25)5-7-20(8-6-18(26)24-20)10-14-9-15(27-2)3-4-16(14)21/h3-4,9,12H,5-8,10-11H2,1-2H3,(H,22,25)(H,24,26). The highest BCUT2D eigenvalue weighted by Crippen LogP contribution is 2.31. The van der Waals surface area contributed by atoms with Crippen molar-refractivity contribution in [1.82, 2.24) is 15.6 Å². The van der Waals surface area contributed by atoms with E-state index < -0.39 is 5.54 Å². The Bertz CT molecular complexity index is 870. The highest BCUT2D eigenvalue weighted by molar-refractivity contribution is 7.09. The van der Waals surface area contributed by atoms with Gasteiger partial charge in [0, 0.05) is 29.5 Å². The van der Waals surface area contributed by atoms with Crippen molar-refractivity contribution >= 4 is 23.2 Å². The van der Waals surface area contributed by atoms with Crippen LogP contribution in [0.5, 0.6) is 5.75 Å². The molecule has 1 aliphatic rings. The van der Waals surface area contributed by atoms with Gasteiger partial charge in [0.05, 0.1) is 13.7 Å². The lowest BCUT2D eigenvalue weighted by Crippen LogP contribution is -2.44. The molecule has 0 spiro atoms. The molecule has 2 N–H and O–H groups in total. The van der Waals surface area contributed by atoms with Crippen molar-refractivity contribution in [2.75, 3.05) is 7.11 Å². The third-order valence-corrected chi connectivity index (χ3v) is 5.92. The quantitative estimate of drug-likeness (QED) is 0.708. The summed E-state index contributed by atoms with van der Waals surface area (Å²) in [5.41, 5.74) is 0.779. The van der Waals surface area contributed by atoms with Crippen molar-refractivity contribution in [2.24, 2.45) is 0 Å². The first kappa shape index (κ1) is 20.3. The maximum absolute atomic E-state index is 14.3. The van der Waals surface area contributed by atoms with Gasteiger partial charge in [-0.3, -0.25) is 9.59 Å². The van der Waals surface area contributed by atoms with Crippen molar-refractivity contribution in [2.45, 2.75) is 51.1 Å². The molecule has 0 aliphatic carbocycles. The van der Waals surface area contributed by atoms with Gasteiger partial charge in [0.2, 0.25) is 11.8 Å². The number of aryl methyl sites for hydroxylation is 1. The molecule has 1 aliphatic heterocycles. The minimum Gasteiger partial charge on any atom is -0.497 e. The number of benzene rings is 1. The zero-order valence-electron chi connectivity index (χ0n) is 16.0. The first-order chi connectivity index (χ1) is 13.4. The average molecular weight is 405 g/mol. The van der Waals surface area contributed by atoms with Crippen LogP contribution in [0.25, 0.3) is 0 Å². The third-order valence-electron chi connectivity index (χ3n) is 4.95. The number of ether oxygens (including phenoxy) is 1. The second-order valence-electron chi connectivity index (χ2n) is 7.12. The van der Waals surface area contributed by atoms with E-state index in [4.69, 9.17) is 4.74 Å². The van der Waals surface area contributed by atoms with Gasteiger partial charge in [0.1, 0.15) is 16.6 Å². The van der Waals surface area contributed by atoms with Crippen LogP contribution in [0.4, 0.5) is 4.39 Å². The van der Waals surface area contributed by atoms with E-state index in [0.717, 1.165) is 10.7 Å². The summed E-state index contributed by atoms with van der Waals surface area (Å²) in [4.78, 5) is 28.5. The fourth-order valence-electron chi connectivity index (χ4n) is 3.46. The Kier molecular flexibility index (Phi) is 6.28. The fraction of sp³-hybridized carbons (Fsp3) is 0.450. The van der Waals surface area contributed by atoms with E-state index in [2.05, 4.69) is 15.6 Å². The predicted molar refractivity (Wildman–Crippen MR) is 105 cm³/mol. The molecule has 0 radical (unpaired) electrons. The number of nitrogens with zero attached hydrogens (tertiary/aromatic N) is 1. The third kappa shape index (κ3) is 5.07. The molecule has 0 bridgehead atoms. The molecular weight excluding hydrogens is 381 g/mol. The highest BCUT2D eigenvalue weighted by Gasteiger charge is 2.38. The molecule has 0 saturated carbocycles. The van der Waals surface area contributed by atoms with E-state index in [0.29, 0.717) is 43.5 Å². The van der Waals surface area contributed by atoms with Crippen LogP contribution in [0.15, 0.2) is 23.6 Å². The molecule has 2 aromatic rings. The molecule has 150 valence electrons. The first-order valence-electron chi connectivity index (χ1n) is 9.20. The minimum atomic E-state index is -0.626. The summed E-state index contributed by atoms with van der Waals surface area (Å²) < 4.78 is 19.5. The Morgan fingerprint density at radius 3 is 2.93 bits per heavy atom. The van der Waals surface area contributed by atoms with Gasteiger partial charge >= 0.3 is 0 Å². The molecule has 1 atom stereocenters. The smallest absolute Gasteiger partial charge is 0.220 e. The number of carbonyl (C=O) groups excluding carboxylic acids is 2. The number of carbonyl (C=O) groups is 2. The van der Waals surface area contributed by atoms with Gasteiger partial charge in [-0.2, -0.15) is 0 Å². The van der Waals surface area contributed by atoms with Crippen molar-refractivity contribution in [3.63, 3.8) is 0 Å². The topological polar surface area (TPSA) is 80.3 Å². The van der Waals surface area contributed by atoms with Crippen molar-refractivity contribution in [1.29, 1.82) is 0 Å².